The van der Waals surface area contributed by atoms with Gasteiger partial charge in [0.15, 0.2) is 0 Å². The molecule has 0 saturated heterocycles. The minimum atomic E-state index is 0.656. The lowest BCUT2D eigenvalue weighted by Gasteiger charge is -2.17. The number of anilines is 1. The van der Waals surface area contributed by atoms with E-state index >= 15 is 0 Å². The maximum absolute atomic E-state index is 5.56. The Bertz CT molecular complexity index is 538. The molecule has 0 aliphatic heterocycles. The molecule has 0 fully saturated rings. The number of nitrogens with one attached hydrogen (secondary N) is 1. The molecule has 2 aromatic heterocycles. The van der Waals surface area contributed by atoms with Crippen LogP contribution in [0.3, 0.4) is 0 Å². The van der Waals surface area contributed by atoms with Crippen molar-refractivity contribution < 1.29 is 4.42 Å². The number of aromatic nitrogens is 2. The number of hydrogen-bond acceptors (Lipinski definition) is 5. The van der Waals surface area contributed by atoms with Crippen LogP contribution in [-0.2, 0) is 13.1 Å². The summed E-state index contributed by atoms with van der Waals surface area (Å²) in [6.07, 6.45) is 1.71. The van der Waals surface area contributed by atoms with Crippen molar-refractivity contribution in [3.63, 3.8) is 0 Å². The Hall–Kier alpha value is -1.88. The Morgan fingerprint density at radius 3 is 2.75 bits per heavy atom. The third-order valence-corrected chi connectivity index (χ3v) is 3.05. The molecule has 0 saturated carbocycles. The van der Waals surface area contributed by atoms with Crippen molar-refractivity contribution in [1.29, 1.82) is 0 Å². The molecule has 5 nitrogen and oxygen atoms in total. The first kappa shape index (κ1) is 14.5. The van der Waals surface area contributed by atoms with Crippen molar-refractivity contribution in [2.45, 2.75) is 33.9 Å². The molecule has 0 amide bonds. The van der Waals surface area contributed by atoms with E-state index in [1.54, 1.807) is 6.26 Å². The van der Waals surface area contributed by atoms with Crippen LogP contribution in [0.25, 0.3) is 0 Å². The average molecular weight is 274 g/mol. The zero-order chi connectivity index (χ0) is 14.4. The van der Waals surface area contributed by atoms with Gasteiger partial charge in [-0.05, 0) is 32.5 Å². The van der Waals surface area contributed by atoms with E-state index in [0.29, 0.717) is 12.6 Å². The van der Waals surface area contributed by atoms with Gasteiger partial charge in [-0.1, -0.05) is 13.0 Å². The summed E-state index contributed by atoms with van der Waals surface area (Å²) in [6.45, 7) is 9.36. The summed E-state index contributed by atoms with van der Waals surface area (Å²) in [6, 6.07) is 6.71. The highest BCUT2D eigenvalue weighted by Gasteiger charge is 2.12. The molecule has 0 atom stereocenters. The first-order valence-electron chi connectivity index (χ1n) is 7.05. The fourth-order valence-electron chi connectivity index (χ4n) is 1.97. The van der Waals surface area contributed by atoms with Gasteiger partial charge < -0.3 is 14.6 Å². The maximum atomic E-state index is 5.56. The molecule has 0 aromatic carbocycles. The average Bonchev–Trinajstić information content (AvgIpc) is 2.91. The monoisotopic (exact) mass is 274 g/mol. The van der Waals surface area contributed by atoms with Crippen LogP contribution in [0, 0.1) is 6.92 Å². The van der Waals surface area contributed by atoms with Crippen LogP contribution in [-0.4, -0.2) is 23.1 Å². The molecule has 2 heterocycles. The standard InChI is InChI=1S/C15H22N4O/c1-4-16-9-14-11-20-15(18-14)19(5-2)10-13-8-6-7-12(3)17-13/h6-8,11,16H,4-5,9-10H2,1-3H3. The summed E-state index contributed by atoms with van der Waals surface area (Å²) in [7, 11) is 0. The Kier molecular flexibility index (Phi) is 5.12. The summed E-state index contributed by atoms with van der Waals surface area (Å²) in [5.41, 5.74) is 2.98. The van der Waals surface area contributed by atoms with Gasteiger partial charge in [-0.2, -0.15) is 4.98 Å². The highest BCUT2D eigenvalue weighted by molar-refractivity contribution is 5.28. The van der Waals surface area contributed by atoms with E-state index in [0.717, 1.165) is 36.7 Å². The SMILES string of the molecule is CCNCc1coc(N(CC)Cc2cccc(C)n2)n1. The quantitative estimate of drug-likeness (QED) is 0.840. The number of nitrogens with zero attached hydrogens (tertiary/aromatic N) is 3. The van der Waals surface area contributed by atoms with E-state index in [1.165, 1.54) is 0 Å². The number of hydrogen-bond donors (Lipinski definition) is 1. The first-order chi connectivity index (χ1) is 9.72. The van der Waals surface area contributed by atoms with Gasteiger partial charge in [0.2, 0.25) is 0 Å². The molecular weight excluding hydrogens is 252 g/mol. The molecule has 5 heteroatoms. The Morgan fingerprint density at radius 2 is 2.05 bits per heavy atom. The topological polar surface area (TPSA) is 54.2 Å². The van der Waals surface area contributed by atoms with Gasteiger partial charge in [-0.15, -0.1) is 0 Å². The minimum absolute atomic E-state index is 0.656. The van der Waals surface area contributed by atoms with Gasteiger partial charge in [0, 0.05) is 18.8 Å². The molecule has 0 radical (unpaired) electrons. The largest absolute Gasteiger partial charge is 0.432 e. The van der Waals surface area contributed by atoms with Crippen LogP contribution in [0.1, 0.15) is 30.9 Å². The van der Waals surface area contributed by atoms with Gasteiger partial charge in [0.25, 0.3) is 6.01 Å². The maximum Gasteiger partial charge on any atom is 0.297 e. The molecule has 20 heavy (non-hydrogen) atoms. The number of aryl methyl sites for hydroxylation is 1. The third kappa shape index (κ3) is 3.81. The Labute approximate surface area is 120 Å². The van der Waals surface area contributed by atoms with Crippen LogP contribution < -0.4 is 10.2 Å². The van der Waals surface area contributed by atoms with E-state index < -0.39 is 0 Å². The summed E-state index contributed by atoms with van der Waals surface area (Å²) in [5.74, 6) is 0. The van der Waals surface area contributed by atoms with Crippen LogP contribution in [0.4, 0.5) is 6.01 Å². The molecule has 2 rings (SSSR count). The fraction of sp³-hybridized carbons (Fsp3) is 0.467. The van der Waals surface area contributed by atoms with Crippen molar-refractivity contribution in [2.24, 2.45) is 0 Å². The lowest BCUT2D eigenvalue weighted by molar-refractivity contribution is 0.532. The van der Waals surface area contributed by atoms with Crippen molar-refractivity contribution in [3.05, 3.63) is 41.5 Å². The zero-order valence-electron chi connectivity index (χ0n) is 12.4. The summed E-state index contributed by atoms with van der Waals surface area (Å²) in [4.78, 5) is 11.1. The zero-order valence-corrected chi connectivity index (χ0v) is 12.4. The number of pyridine rings is 1. The molecule has 0 aliphatic rings. The lowest BCUT2D eigenvalue weighted by atomic mass is 10.3. The van der Waals surface area contributed by atoms with Crippen molar-refractivity contribution >= 4 is 6.01 Å². The van der Waals surface area contributed by atoms with Gasteiger partial charge in [-0.25, -0.2) is 0 Å². The lowest BCUT2D eigenvalue weighted by Crippen LogP contribution is -2.23. The highest BCUT2D eigenvalue weighted by Crippen LogP contribution is 2.16. The molecule has 2 aromatic rings. The smallest absolute Gasteiger partial charge is 0.297 e. The predicted octanol–water partition coefficient (Wildman–Crippen LogP) is 2.51. The molecular formula is C15H22N4O. The van der Waals surface area contributed by atoms with Gasteiger partial charge in [-0.3, -0.25) is 4.98 Å². The van der Waals surface area contributed by atoms with E-state index in [1.807, 2.05) is 25.1 Å². The molecule has 108 valence electrons. The number of oxazole rings is 1. The van der Waals surface area contributed by atoms with E-state index in [4.69, 9.17) is 4.42 Å². The summed E-state index contributed by atoms with van der Waals surface area (Å²) in [5, 5.41) is 3.24. The summed E-state index contributed by atoms with van der Waals surface area (Å²) < 4.78 is 5.56. The van der Waals surface area contributed by atoms with Crippen LogP contribution in [0.15, 0.2) is 28.9 Å². The van der Waals surface area contributed by atoms with Gasteiger partial charge in [0.05, 0.1) is 17.9 Å². The number of rotatable bonds is 7. The van der Waals surface area contributed by atoms with Crippen LogP contribution in [0.5, 0.6) is 0 Å². The molecule has 0 bridgehead atoms. The predicted molar refractivity (Wildman–Crippen MR) is 79.6 cm³/mol. The second-order valence-electron chi connectivity index (χ2n) is 4.69. The highest BCUT2D eigenvalue weighted by atomic mass is 16.4. The minimum Gasteiger partial charge on any atom is -0.432 e. The van der Waals surface area contributed by atoms with Crippen molar-refractivity contribution in [2.75, 3.05) is 18.0 Å². The van der Waals surface area contributed by atoms with Crippen LogP contribution >= 0.6 is 0 Å². The molecule has 0 spiro atoms. The Balaban J connectivity index is 2.06. The van der Waals surface area contributed by atoms with Gasteiger partial charge in [0.1, 0.15) is 6.26 Å². The van der Waals surface area contributed by atoms with E-state index in [9.17, 15) is 0 Å². The second-order valence-corrected chi connectivity index (χ2v) is 4.69. The fourth-order valence-corrected chi connectivity index (χ4v) is 1.97. The third-order valence-electron chi connectivity index (χ3n) is 3.05. The molecule has 0 unspecified atom stereocenters. The van der Waals surface area contributed by atoms with E-state index in [2.05, 4.69) is 34.0 Å². The molecule has 1 N–H and O–H groups in total. The van der Waals surface area contributed by atoms with Crippen molar-refractivity contribution in [3.8, 4) is 0 Å². The van der Waals surface area contributed by atoms with E-state index in [-0.39, 0.29) is 0 Å². The summed E-state index contributed by atoms with van der Waals surface area (Å²) >= 11 is 0. The van der Waals surface area contributed by atoms with Crippen molar-refractivity contribution in [1.82, 2.24) is 15.3 Å². The normalized spacial score (nSPS) is 10.8. The van der Waals surface area contributed by atoms with Crippen LogP contribution in [0.2, 0.25) is 0 Å². The molecule has 0 aliphatic carbocycles. The first-order valence-corrected chi connectivity index (χ1v) is 7.05. The Morgan fingerprint density at radius 1 is 1.20 bits per heavy atom. The second kappa shape index (κ2) is 7.05. The van der Waals surface area contributed by atoms with Gasteiger partial charge >= 0.3 is 0 Å².